The van der Waals surface area contributed by atoms with E-state index in [9.17, 15) is 9.59 Å². The second-order valence-electron chi connectivity index (χ2n) is 6.32. The molecule has 0 saturated carbocycles. The zero-order chi connectivity index (χ0) is 18.7. The molecule has 1 aromatic carbocycles. The number of thiophene rings is 1. The Bertz CT molecular complexity index is 1420. The molecule has 0 bridgehead atoms. The third kappa shape index (κ3) is 2.10. The molecule has 0 unspecified atom stereocenters. The Morgan fingerprint density at radius 2 is 1.74 bits per heavy atom. The molecule has 7 nitrogen and oxygen atoms in total. The fourth-order valence-corrected chi connectivity index (χ4v) is 4.13. The lowest BCUT2D eigenvalue weighted by molar-refractivity contribution is 0.708. The molecular weight excluding hydrogens is 362 g/mol. The van der Waals surface area contributed by atoms with Gasteiger partial charge in [-0.1, -0.05) is 24.3 Å². The number of para-hydroxylation sites is 1. The highest BCUT2D eigenvalue weighted by atomic mass is 32.1. The maximum absolute atomic E-state index is 12.8. The predicted octanol–water partition coefficient (Wildman–Crippen LogP) is 2.40. The number of benzene rings is 1. The molecule has 0 saturated heterocycles. The summed E-state index contributed by atoms with van der Waals surface area (Å²) >= 11 is 1.62. The molecule has 0 radical (unpaired) electrons. The van der Waals surface area contributed by atoms with Crippen LogP contribution in [0.3, 0.4) is 0 Å². The minimum atomic E-state index is -0.391. The Labute approximate surface area is 157 Å². The Kier molecular flexibility index (Phi) is 3.26. The van der Waals surface area contributed by atoms with Crippen molar-refractivity contribution in [1.29, 1.82) is 0 Å². The average Bonchev–Trinajstić information content (AvgIpc) is 3.39. The second-order valence-corrected chi connectivity index (χ2v) is 7.27. The molecular formula is C19H15N5O2S. The van der Waals surface area contributed by atoms with Gasteiger partial charge in [-0.05, 0) is 23.6 Å². The maximum atomic E-state index is 12.8. The van der Waals surface area contributed by atoms with Crippen molar-refractivity contribution in [2.75, 3.05) is 0 Å². The van der Waals surface area contributed by atoms with Crippen LogP contribution in [0, 0.1) is 0 Å². The van der Waals surface area contributed by atoms with Gasteiger partial charge >= 0.3 is 5.69 Å². The number of fused-ring (bicyclic) bond motifs is 3. The molecule has 134 valence electrons. The molecule has 27 heavy (non-hydrogen) atoms. The van der Waals surface area contributed by atoms with E-state index < -0.39 is 5.69 Å². The van der Waals surface area contributed by atoms with E-state index in [0.717, 1.165) is 20.8 Å². The zero-order valence-electron chi connectivity index (χ0n) is 14.7. The van der Waals surface area contributed by atoms with Gasteiger partial charge in [-0.15, -0.1) is 11.3 Å². The summed E-state index contributed by atoms with van der Waals surface area (Å²) in [4.78, 5) is 30.8. The van der Waals surface area contributed by atoms with E-state index in [0.29, 0.717) is 16.9 Å². The van der Waals surface area contributed by atoms with Crippen molar-refractivity contribution in [3.63, 3.8) is 0 Å². The monoisotopic (exact) mass is 377 g/mol. The van der Waals surface area contributed by atoms with Crippen LogP contribution >= 0.6 is 11.3 Å². The molecule has 4 heterocycles. The van der Waals surface area contributed by atoms with Crippen LogP contribution < -0.4 is 11.2 Å². The van der Waals surface area contributed by atoms with Gasteiger partial charge in [-0.2, -0.15) is 4.98 Å². The Morgan fingerprint density at radius 1 is 0.963 bits per heavy atom. The molecule has 0 atom stereocenters. The van der Waals surface area contributed by atoms with Gasteiger partial charge in [0.1, 0.15) is 0 Å². The summed E-state index contributed by atoms with van der Waals surface area (Å²) in [6.45, 7) is 0. The molecule has 0 aliphatic rings. The molecule has 5 rings (SSSR count). The van der Waals surface area contributed by atoms with Gasteiger partial charge in [0.05, 0.1) is 10.6 Å². The van der Waals surface area contributed by atoms with Crippen molar-refractivity contribution in [3.8, 4) is 16.3 Å². The summed E-state index contributed by atoms with van der Waals surface area (Å²) < 4.78 is 6.31. The van der Waals surface area contributed by atoms with Crippen molar-refractivity contribution < 1.29 is 0 Å². The van der Waals surface area contributed by atoms with Gasteiger partial charge in [0, 0.05) is 26.0 Å². The van der Waals surface area contributed by atoms with E-state index >= 15 is 0 Å². The summed E-state index contributed by atoms with van der Waals surface area (Å²) in [6, 6.07) is 13.9. The van der Waals surface area contributed by atoms with Crippen LogP contribution in [-0.4, -0.2) is 23.1 Å². The summed E-state index contributed by atoms with van der Waals surface area (Å²) in [6.07, 6.45) is 1.91. The zero-order valence-corrected chi connectivity index (χ0v) is 15.5. The Balaban J connectivity index is 2.01. The van der Waals surface area contributed by atoms with E-state index in [1.165, 1.54) is 11.6 Å². The molecule has 4 aromatic heterocycles. The summed E-state index contributed by atoms with van der Waals surface area (Å²) in [7, 11) is 3.11. The van der Waals surface area contributed by atoms with Gasteiger partial charge in [0.2, 0.25) is 5.78 Å². The highest BCUT2D eigenvalue weighted by Gasteiger charge is 2.21. The number of aromatic nitrogens is 5. The maximum Gasteiger partial charge on any atom is 0.332 e. The molecule has 0 N–H and O–H groups in total. The van der Waals surface area contributed by atoms with Crippen LogP contribution in [0.15, 0.2) is 63.6 Å². The largest absolute Gasteiger partial charge is 0.332 e. The molecule has 0 fully saturated rings. The van der Waals surface area contributed by atoms with Crippen LogP contribution in [0.2, 0.25) is 0 Å². The van der Waals surface area contributed by atoms with Crippen molar-refractivity contribution >= 4 is 28.3 Å². The van der Waals surface area contributed by atoms with Crippen molar-refractivity contribution in [3.05, 3.63) is 74.9 Å². The van der Waals surface area contributed by atoms with Gasteiger partial charge in [-0.3, -0.25) is 22.9 Å². The first-order chi connectivity index (χ1) is 13.1. The first kappa shape index (κ1) is 15.8. The number of hydrogen-bond donors (Lipinski definition) is 0. The van der Waals surface area contributed by atoms with Crippen LogP contribution in [0.4, 0.5) is 0 Å². The number of rotatable bonds is 2. The van der Waals surface area contributed by atoms with Gasteiger partial charge in [-0.25, -0.2) is 4.79 Å². The van der Waals surface area contributed by atoms with Crippen LogP contribution in [0.5, 0.6) is 0 Å². The number of imidazole rings is 2. The van der Waals surface area contributed by atoms with Crippen LogP contribution in [0.25, 0.3) is 33.2 Å². The van der Waals surface area contributed by atoms with Crippen LogP contribution in [-0.2, 0) is 14.1 Å². The van der Waals surface area contributed by atoms with E-state index in [2.05, 4.69) is 4.98 Å². The van der Waals surface area contributed by atoms with Crippen LogP contribution in [0.1, 0.15) is 0 Å². The molecule has 8 heteroatoms. The van der Waals surface area contributed by atoms with Crippen molar-refractivity contribution in [2.45, 2.75) is 0 Å². The van der Waals surface area contributed by atoms with Crippen molar-refractivity contribution in [1.82, 2.24) is 23.1 Å². The van der Waals surface area contributed by atoms with Gasteiger partial charge in [0.15, 0.2) is 11.2 Å². The number of aryl methyl sites for hydroxylation is 1. The lowest BCUT2D eigenvalue weighted by atomic mass is 10.3. The standard InChI is InChI=1S/C19H15N5O2S/c1-21-16-15(17(25)22(2)19(21)26)23-11-13(14-9-6-10-27-14)24(18(23)20-16)12-7-4-3-5-8-12/h3-11H,1-2H3. The minimum Gasteiger partial charge on any atom is -0.279 e. The molecule has 0 amide bonds. The molecule has 0 aliphatic carbocycles. The first-order valence-electron chi connectivity index (χ1n) is 8.37. The Hall–Kier alpha value is -3.39. The Morgan fingerprint density at radius 3 is 2.44 bits per heavy atom. The highest BCUT2D eigenvalue weighted by Crippen LogP contribution is 2.31. The first-order valence-corrected chi connectivity index (χ1v) is 9.24. The minimum absolute atomic E-state index is 0.358. The van der Waals surface area contributed by atoms with E-state index in [1.807, 2.05) is 58.6 Å². The number of nitrogens with zero attached hydrogens (tertiary/aromatic N) is 5. The van der Waals surface area contributed by atoms with E-state index in [-0.39, 0.29) is 5.56 Å². The summed E-state index contributed by atoms with van der Waals surface area (Å²) in [5, 5.41) is 2.02. The summed E-state index contributed by atoms with van der Waals surface area (Å²) in [5.41, 5.74) is 1.90. The van der Waals surface area contributed by atoms with E-state index in [1.54, 1.807) is 22.8 Å². The van der Waals surface area contributed by atoms with Crippen molar-refractivity contribution in [2.24, 2.45) is 14.1 Å². The lowest BCUT2D eigenvalue weighted by Gasteiger charge is -2.07. The molecule has 0 spiro atoms. The third-order valence-corrected chi connectivity index (χ3v) is 5.65. The normalized spacial score (nSPS) is 11.6. The number of hydrogen-bond acceptors (Lipinski definition) is 4. The summed E-state index contributed by atoms with van der Waals surface area (Å²) in [5.74, 6) is 0.595. The van der Waals surface area contributed by atoms with Gasteiger partial charge in [0.25, 0.3) is 5.56 Å². The lowest BCUT2D eigenvalue weighted by Crippen LogP contribution is -2.37. The molecule has 0 aliphatic heterocycles. The third-order valence-electron chi connectivity index (χ3n) is 4.75. The predicted molar refractivity (Wildman–Crippen MR) is 106 cm³/mol. The highest BCUT2D eigenvalue weighted by molar-refractivity contribution is 7.13. The van der Waals surface area contributed by atoms with E-state index in [4.69, 9.17) is 0 Å². The second kappa shape index (κ2) is 5.55. The average molecular weight is 377 g/mol. The molecule has 5 aromatic rings. The smallest absolute Gasteiger partial charge is 0.279 e. The fourth-order valence-electron chi connectivity index (χ4n) is 3.40. The SMILES string of the molecule is Cn1c(=O)c2c(nc3n(-c4ccccc4)c(-c4cccs4)cn23)n(C)c1=O. The quantitative estimate of drug-likeness (QED) is 0.474. The fraction of sp³-hybridized carbons (Fsp3) is 0.105. The van der Waals surface area contributed by atoms with Gasteiger partial charge < -0.3 is 0 Å². The topological polar surface area (TPSA) is 66.2 Å².